The number of hydrogen-bond donors (Lipinski definition) is 0. The number of aromatic nitrogens is 1. The molecular weight excluding hydrogens is 202 g/mol. The summed E-state index contributed by atoms with van der Waals surface area (Å²) in [7, 11) is 0. The van der Waals surface area contributed by atoms with Crippen molar-refractivity contribution in [2.45, 2.75) is 20.3 Å². The Bertz CT molecular complexity index is 366. The minimum Gasteiger partial charge on any atom is -0.283 e. The molecule has 0 saturated carbocycles. The molecular formula is C12H17N3O. The molecule has 1 aromatic heterocycles. The van der Waals surface area contributed by atoms with Gasteiger partial charge in [-0.25, -0.2) is 0 Å². The van der Waals surface area contributed by atoms with Crippen molar-refractivity contribution in [1.29, 1.82) is 0 Å². The normalized spacial score (nSPS) is 20.2. The molecule has 0 aromatic carbocycles. The van der Waals surface area contributed by atoms with Gasteiger partial charge in [-0.15, -0.1) is 0 Å². The standard InChI is InChI=1S/C12H17N3O/c1-3-14(11-4-7-13-8-5-11)15-9-6-10(2)12(15)16/h4-5,7-8,10H,3,6,9H2,1-2H3. The molecule has 1 atom stereocenters. The van der Waals surface area contributed by atoms with Gasteiger partial charge < -0.3 is 0 Å². The van der Waals surface area contributed by atoms with E-state index in [-0.39, 0.29) is 11.8 Å². The van der Waals surface area contributed by atoms with Gasteiger partial charge in [-0.3, -0.25) is 19.8 Å². The lowest BCUT2D eigenvalue weighted by Crippen LogP contribution is -2.44. The molecule has 1 aliphatic heterocycles. The Kier molecular flexibility index (Phi) is 3.08. The Balaban J connectivity index is 2.21. The van der Waals surface area contributed by atoms with Crippen LogP contribution in [0.3, 0.4) is 0 Å². The summed E-state index contributed by atoms with van der Waals surface area (Å²) in [5, 5.41) is 3.87. The number of amides is 1. The Morgan fingerprint density at radius 1 is 1.50 bits per heavy atom. The number of rotatable bonds is 3. The van der Waals surface area contributed by atoms with E-state index in [0.29, 0.717) is 0 Å². The zero-order valence-electron chi connectivity index (χ0n) is 9.76. The number of carbonyl (C=O) groups is 1. The zero-order valence-corrected chi connectivity index (χ0v) is 9.76. The van der Waals surface area contributed by atoms with Crippen LogP contribution >= 0.6 is 0 Å². The van der Waals surface area contributed by atoms with Gasteiger partial charge in [-0.05, 0) is 25.5 Å². The highest BCUT2D eigenvalue weighted by atomic mass is 16.2. The molecule has 1 aliphatic rings. The van der Waals surface area contributed by atoms with Crippen LogP contribution in [-0.4, -0.2) is 29.0 Å². The first-order valence-electron chi connectivity index (χ1n) is 5.73. The highest BCUT2D eigenvalue weighted by molar-refractivity contribution is 5.82. The van der Waals surface area contributed by atoms with Crippen LogP contribution in [0, 0.1) is 5.92 Å². The van der Waals surface area contributed by atoms with E-state index in [1.54, 1.807) is 12.4 Å². The van der Waals surface area contributed by atoms with Crippen molar-refractivity contribution < 1.29 is 4.79 Å². The summed E-state index contributed by atoms with van der Waals surface area (Å²) >= 11 is 0. The number of hydrogen-bond acceptors (Lipinski definition) is 3. The Hall–Kier alpha value is -1.58. The van der Waals surface area contributed by atoms with E-state index in [2.05, 4.69) is 11.9 Å². The van der Waals surface area contributed by atoms with Gasteiger partial charge in [-0.1, -0.05) is 6.92 Å². The van der Waals surface area contributed by atoms with Gasteiger partial charge in [0, 0.05) is 31.4 Å². The van der Waals surface area contributed by atoms with E-state index in [1.807, 2.05) is 29.1 Å². The van der Waals surface area contributed by atoms with Crippen LogP contribution in [0.2, 0.25) is 0 Å². The minimum atomic E-state index is 0.149. The van der Waals surface area contributed by atoms with E-state index < -0.39 is 0 Å². The van der Waals surface area contributed by atoms with Crippen LogP contribution in [0.25, 0.3) is 0 Å². The third kappa shape index (κ3) is 1.87. The van der Waals surface area contributed by atoms with E-state index in [4.69, 9.17) is 0 Å². The molecule has 0 aliphatic carbocycles. The van der Waals surface area contributed by atoms with Crippen LogP contribution in [0.1, 0.15) is 20.3 Å². The second-order valence-corrected chi connectivity index (χ2v) is 4.07. The number of hydrazine groups is 1. The first-order valence-corrected chi connectivity index (χ1v) is 5.73. The fourth-order valence-electron chi connectivity index (χ4n) is 2.05. The number of anilines is 1. The summed E-state index contributed by atoms with van der Waals surface area (Å²) in [6.45, 7) is 5.65. The second-order valence-electron chi connectivity index (χ2n) is 4.07. The maximum absolute atomic E-state index is 11.9. The average molecular weight is 219 g/mol. The van der Waals surface area contributed by atoms with Crippen LogP contribution in [0.4, 0.5) is 5.69 Å². The predicted octanol–water partition coefficient (Wildman–Crippen LogP) is 1.69. The van der Waals surface area contributed by atoms with Crippen LogP contribution in [0.15, 0.2) is 24.5 Å². The lowest BCUT2D eigenvalue weighted by atomic mass is 10.1. The van der Waals surface area contributed by atoms with Gasteiger partial charge in [0.25, 0.3) is 0 Å². The first-order chi connectivity index (χ1) is 7.74. The largest absolute Gasteiger partial charge is 0.283 e. The first kappa shape index (κ1) is 10.9. The van der Waals surface area contributed by atoms with E-state index in [0.717, 1.165) is 25.2 Å². The molecule has 1 unspecified atom stereocenters. The summed E-state index contributed by atoms with van der Waals surface area (Å²) in [6, 6.07) is 3.86. The monoisotopic (exact) mass is 219 g/mol. The molecule has 0 N–H and O–H groups in total. The lowest BCUT2D eigenvalue weighted by Gasteiger charge is -2.32. The quantitative estimate of drug-likeness (QED) is 0.776. The Labute approximate surface area is 95.9 Å². The maximum atomic E-state index is 11.9. The highest BCUT2D eigenvalue weighted by Crippen LogP contribution is 2.23. The van der Waals surface area contributed by atoms with Crippen LogP contribution < -0.4 is 5.01 Å². The minimum absolute atomic E-state index is 0.149. The summed E-state index contributed by atoms with van der Waals surface area (Å²) < 4.78 is 0. The smallest absolute Gasteiger partial charge is 0.243 e. The van der Waals surface area contributed by atoms with Gasteiger partial charge in [0.05, 0.1) is 5.69 Å². The van der Waals surface area contributed by atoms with Crippen molar-refractivity contribution in [3.05, 3.63) is 24.5 Å². The number of pyridine rings is 1. The SMILES string of the molecule is CCN(c1ccncc1)N1CCC(C)C1=O. The van der Waals surface area contributed by atoms with Crippen LogP contribution in [0.5, 0.6) is 0 Å². The summed E-state index contributed by atoms with van der Waals surface area (Å²) in [6.07, 6.45) is 4.45. The molecule has 1 amide bonds. The van der Waals surface area contributed by atoms with E-state index in [1.165, 1.54) is 0 Å². The molecule has 16 heavy (non-hydrogen) atoms. The summed E-state index contributed by atoms with van der Waals surface area (Å²) in [5.41, 5.74) is 1.03. The fraction of sp³-hybridized carbons (Fsp3) is 0.500. The Morgan fingerprint density at radius 2 is 2.19 bits per heavy atom. The zero-order chi connectivity index (χ0) is 11.5. The Morgan fingerprint density at radius 3 is 2.69 bits per heavy atom. The van der Waals surface area contributed by atoms with Crippen molar-refractivity contribution in [2.75, 3.05) is 18.1 Å². The van der Waals surface area contributed by atoms with Crippen molar-refractivity contribution in [1.82, 2.24) is 9.99 Å². The van der Waals surface area contributed by atoms with Gasteiger partial charge >= 0.3 is 0 Å². The van der Waals surface area contributed by atoms with Gasteiger partial charge in [-0.2, -0.15) is 0 Å². The molecule has 4 nitrogen and oxygen atoms in total. The number of nitrogens with zero attached hydrogens (tertiary/aromatic N) is 3. The summed E-state index contributed by atoms with van der Waals surface area (Å²) in [4.78, 5) is 15.9. The third-order valence-electron chi connectivity index (χ3n) is 3.00. The van der Waals surface area contributed by atoms with Crippen LogP contribution in [-0.2, 0) is 4.79 Å². The van der Waals surface area contributed by atoms with Crippen molar-refractivity contribution in [2.24, 2.45) is 5.92 Å². The molecule has 4 heteroatoms. The van der Waals surface area contributed by atoms with Crippen molar-refractivity contribution in [3.8, 4) is 0 Å². The maximum Gasteiger partial charge on any atom is 0.243 e. The van der Waals surface area contributed by atoms with Crippen molar-refractivity contribution in [3.63, 3.8) is 0 Å². The van der Waals surface area contributed by atoms with Gasteiger partial charge in [0.15, 0.2) is 0 Å². The van der Waals surface area contributed by atoms with Gasteiger partial charge in [0.2, 0.25) is 5.91 Å². The molecule has 1 fully saturated rings. The molecule has 86 valence electrons. The third-order valence-corrected chi connectivity index (χ3v) is 3.00. The van der Waals surface area contributed by atoms with E-state index in [9.17, 15) is 4.79 Å². The molecule has 0 radical (unpaired) electrons. The molecule has 1 saturated heterocycles. The highest BCUT2D eigenvalue weighted by Gasteiger charge is 2.31. The topological polar surface area (TPSA) is 36.4 Å². The molecule has 0 bridgehead atoms. The second kappa shape index (κ2) is 4.51. The lowest BCUT2D eigenvalue weighted by molar-refractivity contribution is -0.131. The summed E-state index contributed by atoms with van der Waals surface area (Å²) in [5.74, 6) is 0.370. The predicted molar refractivity (Wildman–Crippen MR) is 62.8 cm³/mol. The molecule has 2 heterocycles. The fourth-order valence-corrected chi connectivity index (χ4v) is 2.05. The van der Waals surface area contributed by atoms with E-state index >= 15 is 0 Å². The number of carbonyl (C=O) groups excluding carboxylic acids is 1. The average Bonchev–Trinajstić information content (AvgIpc) is 2.64. The van der Waals surface area contributed by atoms with Gasteiger partial charge in [0.1, 0.15) is 0 Å². The molecule has 1 aromatic rings. The molecule has 2 rings (SSSR count). The molecule has 0 spiro atoms. The van der Waals surface area contributed by atoms with Crippen molar-refractivity contribution >= 4 is 11.6 Å².